The van der Waals surface area contributed by atoms with E-state index in [4.69, 9.17) is 9.47 Å². The van der Waals surface area contributed by atoms with Gasteiger partial charge in [0.15, 0.2) is 0 Å². The molecule has 208 valence electrons. The van der Waals surface area contributed by atoms with E-state index in [2.05, 4.69) is 5.32 Å². The van der Waals surface area contributed by atoms with Crippen LogP contribution < -0.4 is 24.2 Å². The van der Waals surface area contributed by atoms with Crippen molar-refractivity contribution < 1.29 is 43.0 Å². The summed E-state index contributed by atoms with van der Waals surface area (Å²) in [6.07, 6.45) is 9.81. The first-order chi connectivity index (χ1) is 18.4. The Kier molecular flexibility index (Phi) is 15.3. The van der Waals surface area contributed by atoms with E-state index in [1.165, 1.54) is 32.1 Å². The van der Waals surface area contributed by atoms with Gasteiger partial charge in [-0.25, -0.2) is 4.79 Å². The van der Waals surface area contributed by atoms with Gasteiger partial charge in [-0.2, -0.15) is 11.8 Å². The normalized spacial score (nSPS) is 15.3. The molecule has 0 radical (unpaired) electrons. The van der Waals surface area contributed by atoms with Gasteiger partial charge in [-0.15, -0.1) is 0 Å². The monoisotopic (exact) mass is 548 g/mol. The second-order valence-corrected chi connectivity index (χ2v) is 11.2. The maximum absolute atomic E-state index is 13.3. The van der Waals surface area contributed by atoms with Gasteiger partial charge in [0.2, 0.25) is 0 Å². The van der Waals surface area contributed by atoms with Crippen LogP contribution in [0.25, 0.3) is 11.1 Å². The summed E-state index contributed by atoms with van der Waals surface area (Å²) >= 11 is 1.56. The Labute approximate surface area is 250 Å². The minimum atomic E-state index is -1.02. The Morgan fingerprint density at radius 1 is 1.10 bits per heavy atom. The molecular weight excluding hydrogens is 505 g/mol. The van der Waals surface area contributed by atoms with Crippen molar-refractivity contribution in [1.82, 2.24) is 5.32 Å². The van der Waals surface area contributed by atoms with Gasteiger partial charge in [-0.3, -0.25) is 4.79 Å². The Balaban J connectivity index is 0.00000533. The van der Waals surface area contributed by atoms with E-state index in [1.54, 1.807) is 17.8 Å². The number of benzene rings is 2. The number of carboxylic acids is 1. The third-order valence-corrected chi connectivity index (χ3v) is 7.94. The van der Waals surface area contributed by atoms with Crippen molar-refractivity contribution in [1.29, 1.82) is 0 Å². The summed E-state index contributed by atoms with van der Waals surface area (Å²) in [6.45, 7) is 5.70. The Morgan fingerprint density at radius 2 is 1.85 bits per heavy atom. The summed E-state index contributed by atoms with van der Waals surface area (Å²) in [6, 6.07) is 12.7. The molecule has 1 aliphatic rings. The van der Waals surface area contributed by atoms with Crippen LogP contribution >= 0.6 is 11.8 Å². The minimum Gasteiger partial charge on any atom is -0.480 e. The number of thioether (sulfide) groups is 1. The van der Waals surface area contributed by atoms with Crippen LogP contribution in [0.3, 0.4) is 0 Å². The number of rotatable bonds is 15. The fourth-order valence-electron chi connectivity index (χ4n) is 5.15. The fourth-order valence-corrected chi connectivity index (χ4v) is 5.62. The summed E-state index contributed by atoms with van der Waals surface area (Å²) < 4.78 is 12.1. The number of amides is 1. The van der Waals surface area contributed by atoms with Gasteiger partial charge in [0, 0.05) is 12.2 Å². The second-order valence-electron chi connectivity index (χ2n) is 10.2. The summed E-state index contributed by atoms with van der Waals surface area (Å²) in [5.74, 6) is -0.0536. The fraction of sp³-hybridized carbons (Fsp3) is 0.548. The minimum absolute atomic E-state index is 0. The van der Waals surface area contributed by atoms with Crippen molar-refractivity contribution in [2.45, 2.75) is 77.5 Å². The molecule has 2 atom stereocenters. The second kappa shape index (κ2) is 17.8. The summed E-state index contributed by atoms with van der Waals surface area (Å²) in [7, 11) is 0. The third kappa shape index (κ3) is 10.6. The van der Waals surface area contributed by atoms with Gasteiger partial charge in [0.1, 0.15) is 6.04 Å². The average Bonchev–Trinajstić information content (AvgIpc) is 2.93. The van der Waals surface area contributed by atoms with Crippen LogP contribution in [0.2, 0.25) is 0 Å². The number of carbonyl (C=O) groups excluding carboxylic acids is 1. The van der Waals surface area contributed by atoms with E-state index >= 15 is 0 Å². The van der Waals surface area contributed by atoms with Crippen LogP contribution in [0.15, 0.2) is 42.5 Å². The van der Waals surface area contributed by atoms with Crippen LogP contribution in [0.5, 0.6) is 0 Å². The van der Waals surface area contributed by atoms with Crippen LogP contribution in [0.4, 0.5) is 0 Å². The van der Waals surface area contributed by atoms with Gasteiger partial charge in [-0.1, -0.05) is 62.4 Å². The molecule has 1 aliphatic carbocycles. The average molecular weight is 549 g/mol. The molecule has 0 aromatic heterocycles. The van der Waals surface area contributed by atoms with Gasteiger partial charge in [-0.05, 0) is 79.0 Å². The molecule has 8 heteroatoms. The molecule has 0 bridgehead atoms. The van der Waals surface area contributed by atoms with Crippen LogP contribution in [0.1, 0.15) is 73.4 Å². The molecule has 3 rings (SSSR count). The van der Waals surface area contributed by atoms with Crippen LogP contribution in [0, 0.1) is 12.8 Å². The van der Waals surface area contributed by atoms with Gasteiger partial charge in [0.25, 0.3) is 5.91 Å². The largest absolute Gasteiger partial charge is 1.00 e. The van der Waals surface area contributed by atoms with Crippen molar-refractivity contribution in [3.05, 3.63) is 59.2 Å². The number of aryl methyl sites for hydroxylation is 1. The van der Waals surface area contributed by atoms with Crippen molar-refractivity contribution in [3.8, 4) is 11.1 Å². The Bertz CT molecular complexity index is 1040. The first-order valence-electron chi connectivity index (χ1n) is 13.8. The van der Waals surface area contributed by atoms with E-state index in [0.717, 1.165) is 28.7 Å². The zero-order valence-electron chi connectivity index (χ0n) is 24.0. The van der Waals surface area contributed by atoms with E-state index in [0.29, 0.717) is 43.5 Å². The summed E-state index contributed by atoms with van der Waals surface area (Å²) in [4.78, 5) is 25.1. The van der Waals surface area contributed by atoms with Crippen molar-refractivity contribution in [2.75, 3.05) is 25.2 Å². The standard InChI is InChI=1S/C31H43NO5S.Li/c1-4-36-21-25(18-23-11-6-5-7-12-23)37-20-24-14-15-27(28(19-24)26-13-9-8-10-22(26)2)30(33)32-29(31(34)35)16-17-38-3;/h8-10,13-15,19,23,25,29H,4-7,11-12,16-18,20-21H2,1-3H3,(H,32,33)(H,34,35);/q;+1. The molecule has 0 aliphatic heterocycles. The van der Waals surface area contributed by atoms with Crippen molar-refractivity contribution >= 4 is 23.6 Å². The van der Waals surface area contributed by atoms with Gasteiger partial charge in [0.05, 0.1) is 19.3 Å². The number of carboxylic acid groups (broad SMARTS) is 1. The number of carbonyl (C=O) groups is 2. The molecular formula is C31H43LiNO5S+. The molecule has 2 aromatic carbocycles. The first-order valence-corrected chi connectivity index (χ1v) is 15.2. The molecule has 2 N–H and O–H groups in total. The number of ether oxygens (including phenoxy) is 2. The topological polar surface area (TPSA) is 84.9 Å². The van der Waals surface area contributed by atoms with E-state index in [-0.39, 0.29) is 30.9 Å². The Hall–Kier alpha value is -1.75. The number of nitrogens with one attached hydrogen (secondary N) is 1. The maximum atomic E-state index is 13.3. The van der Waals surface area contributed by atoms with Crippen molar-refractivity contribution in [3.63, 3.8) is 0 Å². The Morgan fingerprint density at radius 3 is 2.51 bits per heavy atom. The van der Waals surface area contributed by atoms with Gasteiger partial charge >= 0.3 is 24.8 Å². The number of aliphatic carboxylic acids is 1. The SMILES string of the molecule is CCOCC(CC1CCCCC1)OCc1ccc(C(=O)NC(CCSC)C(=O)O)c(-c2ccccc2C)c1.[Li+]. The molecule has 0 heterocycles. The molecule has 1 amide bonds. The smallest absolute Gasteiger partial charge is 0.480 e. The third-order valence-electron chi connectivity index (χ3n) is 7.29. The molecule has 2 aromatic rings. The van der Waals surface area contributed by atoms with E-state index in [9.17, 15) is 14.7 Å². The maximum Gasteiger partial charge on any atom is 1.00 e. The molecule has 39 heavy (non-hydrogen) atoms. The molecule has 0 saturated heterocycles. The molecule has 6 nitrogen and oxygen atoms in total. The number of hydrogen-bond acceptors (Lipinski definition) is 5. The quantitative estimate of drug-likeness (QED) is 0.332. The molecule has 1 fully saturated rings. The first kappa shape index (κ1) is 33.5. The van der Waals surface area contributed by atoms with Gasteiger partial charge < -0.3 is 19.9 Å². The van der Waals surface area contributed by atoms with E-state index in [1.807, 2.05) is 56.5 Å². The number of hydrogen-bond donors (Lipinski definition) is 2. The van der Waals surface area contributed by atoms with E-state index < -0.39 is 12.0 Å². The predicted octanol–water partition coefficient (Wildman–Crippen LogP) is 3.49. The zero-order chi connectivity index (χ0) is 27.3. The summed E-state index contributed by atoms with van der Waals surface area (Å²) in [5, 5.41) is 12.4. The zero-order valence-corrected chi connectivity index (χ0v) is 24.9. The van der Waals surface area contributed by atoms with Crippen LogP contribution in [-0.4, -0.2) is 54.4 Å². The molecule has 2 unspecified atom stereocenters. The summed E-state index contributed by atoms with van der Waals surface area (Å²) in [5.41, 5.74) is 4.21. The molecule has 0 spiro atoms. The predicted molar refractivity (Wildman–Crippen MR) is 155 cm³/mol. The molecule has 1 saturated carbocycles. The van der Waals surface area contributed by atoms with Crippen molar-refractivity contribution in [2.24, 2.45) is 5.92 Å². The van der Waals surface area contributed by atoms with Crippen LogP contribution in [-0.2, 0) is 20.9 Å².